The van der Waals surface area contributed by atoms with Crippen LogP contribution >= 0.6 is 23.4 Å². The van der Waals surface area contributed by atoms with Gasteiger partial charge in [-0.2, -0.15) is 0 Å². The average Bonchev–Trinajstić information content (AvgIpc) is 3.04. The molecular formula is C18H18ClN3O2S. The number of methoxy groups -OCH3 is 1. The van der Waals surface area contributed by atoms with E-state index in [4.69, 9.17) is 16.3 Å². The molecule has 7 heteroatoms. The molecule has 0 fully saturated rings. The van der Waals surface area contributed by atoms with E-state index in [1.807, 2.05) is 31.2 Å². The number of anilines is 2. The molecule has 5 nitrogen and oxygen atoms in total. The summed E-state index contributed by atoms with van der Waals surface area (Å²) in [6.07, 6.45) is 0. The first kappa shape index (κ1) is 17.6. The number of nitrogens with one attached hydrogen (secondary N) is 1. The standard InChI is InChI=1S/C18H18ClN3O2S/c1-12-11-25-18(20-12)22(15-7-9-16(24-2)10-8-15)17(23)21-14-5-3-13(19)4-6-14/h3-10,12H,11H2,1-2H3,(H,21,23). The topological polar surface area (TPSA) is 53.9 Å². The molecule has 1 atom stereocenters. The normalized spacial score (nSPS) is 16.3. The summed E-state index contributed by atoms with van der Waals surface area (Å²) < 4.78 is 5.19. The lowest BCUT2D eigenvalue weighted by atomic mass is 10.3. The molecule has 0 aromatic heterocycles. The molecule has 0 radical (unpaired) electrons. The minimum atomic E-state index is -0.271. The molecule has 2 aromatic carbocycles. The van der Waals surface area contributed by atoms with Crippen molar-refractivity contribution in [2.24, 2.45) is 4.99 Å². The van der Waals surface area contributed by atoms with E-state index >= 15 is 0 Å². The van der Waals surface area contributed by atoms with Gasteiger partial charge < -0.3 is 10.1 Å². The van der Waals surface area contributed by atoms with E-state index in [1.165, 1.54) is 0 Å². The van der Waals surface area contributed by atoms with E-state index in [9.17, 15) is 4.79 Å². The molecule has 0 saturated heterocycles. The van der Waals surface area contributed by atoms with Crippen LogP contribution in [0.2, 0.25) is 5.02 Å². The summed E-state index contributed by atoms with van der Waals surface area (Å²) in [7, 11) is 1.61. The van der Waals surface area contributed by atoms with E-state index < -0.39 is 0 Å². The maximum Gasteiger partial charge on any atom is 0.332 e. The van der Waals surface area contributed by atoms with Gasteiger partial charge in [0.2, 0.25) is 0 Å². The third-order valence-electron chi connectivity index (χ3n) is 3.60. The Morgan fingerprint density at radius 2 is 1.92 bits per heavy atom. The maximum atomic E-state index is 12.9. The van der Waals surface area contributed by atoms with Crippen molar-refractivity contribution in [1.82, 2.24) is 0 Å². The van der Waals surface area contributed by atoms with Gasteiger partial charge in [0, 0.05) is 16.5 Å². The second kappa shape index (κ2) is 7.80. The van der Waals surface area contributed by atoms with Crippen molar-refractivity contribution in [3.05, 3.63) is 53.6 Å². The fourth-order valence-electron chi connectivity index (χ4n) is 2.34. The SMILES string of the molecule is COc1ccc(N(C(=O)Nc2ccc(Cl)cc2)C2=NC(C)CS2)cc1. The number of carbonyl (C=O) groups excluding carboxylic acids is 1. The van der Waals surface area contributed by atoms with Crippen LogP contribution in [0.4, 0.5) is 16.2 Å². The Hall–Kier alpha value is -2.18. The van der Waals surface area contributed by atoms with Crippen LogP contribution in [0.3, 0.4) is 0 Å². The van der Waals surface area contributed by atoms with Crippen LogP contribution in [0, 0.1) is 0 Å². The molecule has 1 unspecified atom stereocenters. The van der Waals surface area contributed by atoms with Gasteiger partial charge in [0.05, 0.1) is 18.8 Å². The molecule has 0 spiro atoms. The number of urea groups is 1. The smallest absolute Gasteiger partial charge is 0.332 e. The minimum Gasteiger partial charge on any atom is -0.497 e. The quantitative estimate of drug-likeness (QED) is 0.831. The number of rotatable bonds is 3. The third kappa shape index (κ3) is 4.27. The molecule has 1 N–H and O–H groups in total. The van der Waals surface area contributed by atoms with E-state index in [0.29, 0.717) is 15.9 Å². The van der Waals surface area contributed by atoms with Crippen LogP contribution in [0.1, 0.15) is 6.92 Å². The Labute approximate surface area is 156 Å². The van der Waals surface area contributed by atoms with Crippen LogP contribution < -0.4 is 15.0 Å². The highest BCUT2D eigenvalue weighted by Gasteiger charge is 2.27. The summed E-state index contributed by atoms with van der Waals surface area (Å²) in [6.45, 7) is 2.03. The number of aliphatic imine (C=N–C) groups is 1. The average molecular weight is 376 g/mol. The number of amides is 2. The van der Waals surface area contributed by atoms with Crippen molar-refractivity contribution >= 4 is 45.9 Å². The maximum absolute atomic E-state index is 12.9. The monoisotopic (exact) mass is 375 g/mol. The first-order valence-corrected chi connectivity index (χ1v) is 9.14. The van der Waals surface area contributed by atoms with Crippen molar-refractivity contribution in [2.75, 3.05) is 23.1 Å². The molecule has 130 valence electrons. The second-order valence-electron chi connectivity index (χ2n) is 5.54. The van der Waals surface area contributed by atoms with Gasteiger partial charge in [-0.1, -0.05) is 23.4 Å². The number of nitrogens with zero attached hydrogens (tertiary/aromatic N) is 2. The van der Waals surface area contributed by atoms with Gasteiger partial charge in [0.15, 0.2) is 5.17 Å². The Kier molecular flexibility index (Phi) is 5.50. The van der Waals surface area contributed by atoms with Crippen molar-refractivity contribution in [3.8, 4) is 5.75 Å². The van der Waals surface area contributed by atoms with E-state index in [1.54, 1.807) is 48.0 Å². The van der Waals surface area contributed by atoms with Gasteiger partial charge in [-0.25, -0.2) is 9.69 Å². The molecule has 2 amide bonds. The van der Waals surface area contributed by atoms with Gasteiger partial charge in [0.25, 0.3) is 0 Å². The fraction of sp³-hybridized carbons (Fsp3) is 0.222. The van der Waals surface area contributed by atoms with Gasteiger partial charge in [0.1, 0.15) is 5.75 Å². The number of hydrogen-bond acceptors (Lipinski definition) is 4. The number of benzene rings is 2. The Bertz CT molecular complexity index is 778. The number of ether oxygens (including phenoxy) is 1. The molecule has 0 saturated carbocycles. The third-order valence-corrected chi connectivity index (χ3v) is 5.05. The van der Waals surface area contributed by atoms with Gasteiger partial charge in [-0.15, -0.1) is 0 Å². The molecule has 25 heavy (non-hydrogen) atoms. The molecule has 1 aliphatic rings. The van der Waals surface area contributed by atoms with E-state index in [0.717, 1.165) is 17.2 Å². The summed E-state index contributed by atoms with van der Waals surface area (Å²) in [6, 6.07) is 14.2. The number of hydrogen-bond donors (Lipinski definition) is 1. The van der Waals surface area contributed by atoms with Crippen LogP contribution in [0.15, 0.2) is 53.5 Å². The van der Waals surface area contributed by atoms with E-state index in [2.05, 4.69) is 10.3 Å². The van der Waals surface area contributed by atoms with Crippen LogP contribution in [0.25, 0.3) is 0 Å². The van der Waals surface area contributed by atoms with Gasteiger partial charge in [-0.3, -0.25) is 4.99 Å². The first-order chi connectivity index (χ1) is 12.1. The van der Waals surface area contributed by atoms with Crippen molar-refractivity contribution in [3.63, 3.8) is 0 Å². The summed E-state index contributed by atoms with van der Waals surface area (Å²) >= 11 is 7.46. The Morgan fingerprint density at radius 3 is 2.48 bits per heavy atom. The number of halogens is 1. The molecule has 1 aliphatic heterocycles. The molecular weight excluding hydrogens is 358 g/mol. The lowest BCUT2D eigenvalue weighted by Gasteiger charge is -2.22. The zero-order valence-electron chi connectivity index (χ0n) is 13.9. The largest absolute Gasteiger partial charge is 0.497 e. The van der Waals surface area contributed by atoms with Crippen molar-refractivity contribution in [1.29, 1.82) is 0 Å². The van der Waals surface area contributed by atoms with Crippen molar-refractivity contribution < 1.29 is 9.53 Å². The lowest BCUT2D eigenvalue weighted by molar-refractivity contribution is 0.259. The van der Waals surface area contributed by atoms with Crippen LogP contribution in [0.5, 0.6) is 5.75 Å². The highest BCUT2D eigenvalue weighted by Crippen LogP contribution is 2.28. The van der Waals surface area contributed by atoms with Crippen LogP contribution in [-0.2, 0) is 0 Å². The predicted octanol–water partition coefficient (Wildman–Crippen LogP) is 4.88. The van der Waals surface area contributed by atoms with E-state index in [-0.39, 0.29) is 12.1 Å². The molecule has 0 bridgehead atoms. The van der Waals surface area contributed by atoms with Crippen LogP contribution in [-0.4, -0.2) is 30.1 Å². The summed E-state index contributed by atoms with van der Waals surface area (Å²) in [5.41, 5.74) is 1.40. The number of thioether (sulfide) groups is 1. The number of amidine groups is 1. The zero-order chi connectivity index (χ0) is 17.8. The highest BCUT2D eigenvalue weighted by atomic mass is 35.5. The summed E-state index contributed by atoms with van der Waals surface area (Å²) in [5, 5.41) is 4.20. The lowest BCUT2D eigenvalue weighted by Crippen LogP contribution is -2.38. The Morgan fingerprint density at radius 1 is 1.24 bits per heavy atom. The molecule has 3 rings (SSSR count). The first-order valence-electron chi connectivity index (χ1n) is 7.78. The summed E-state index contributed by atoms with van der Waals surface area (Å²) in [5.74, 6) is 1.59. The molecule has 2 aromatic rings. The minimum absolute atomic E-state index is 0.184. The number of carbonyl (C=O) groups is 1. The van der Waals surface area contributed by atoms with Gasteiger partial charge in [-0.05, 0) is 55.5 Å². The van der Waals surface area contributed by atoms with Crippen molar-refractivity contribution in [2.45, 2.75) is 13.0 Å². The zero-order valence-corrected chi connectivity index (χ0v) is 15.5. The Balaban J connectivity index is 1.88. The fourth-order valence-corrected chi connectivity index (χ4v) is 3.50. The molecule has 0 aliphatic carbocycles. The highest BCUT2D eigenvalue weighted by molar-refractivity contribution is 8.14. The predicted molar refractivity (Wildman–Crippen MR) is 105 cm³/mol. The van der Waals surface area contributed by atoms with Gasteiger partial charge >= 0.3 is 6.03 Å². The summed E-state index contributed by atoms with van der Waals surface area (Å²) in [4.78, 5) is 19.1. The molecule has 1 heterocycles. The second-order valence-corrected chi connectivity index (χ2v) is 6.97.